The predicted molar refractivity (Wildman–Crippen MR) is 140 cm³/mol. The number of anilines is 1. The van der Waals surface area contributed by atoms with E-state index in [1.54, 1.807) is 16.2 Å². The van der Waals surface area contributed by atoms with Crippen molar-refractivity contribution in [3.63, 3.8) is 0 Å². The molecule has 0 aliphatic carbocycles. The minimum absolute atomic E-state index is 0.0442. The number of amides is 2. The fraction of sp³-hybridized carbons (Fsp3) is 0.321. The van der Waals surface area contributed by atoms with Crippen molar-refractivity contribution >= 4 is 39.9 Å². The molecule has 35 heavy (non-hydrogen) atoms. The number of para-hydroxylation sites is 2. The molecule has 0 saturated carbocycles. The van der Waals surface area contributed by atoms with E-state index in [-0.39, 0.29) is 23.8 Å². The number of piperidine rings is 1. The Bertz CT molecular complexity index is 1340. The fourth-order valence-electron chi connectivity index (χ4n) is 5.12. The lowest BCUT2D eigenvalue weighted by molar-refractivity contribution is -0.137. The van der Waals surface area contributed by atoms with Crippen LogP contribution in [0.5, 0.6) is 0 Å². The Balaban J connectivity index is 1.47. The summed E-state index contributed by atoms with van der Waals surface area (Å²) in [4.78, 5) is 36.6. The first kappa shape index (κ1) is 23.3. The van der Waals surface area contributed by atoms with Crippen molar-refractivity contribution in [2.45, 2.75) is 45.8 Å². The summed E-state index contributed by atoms with van der Waals surface area (Å²) in [5.41, 5.74) is 4.00. The summed E-state index contributed by atoms with van der Waals surface area (Å²) in [5.74, 6) is 0.658. The summed E-state index contributed by atoms with van der Waals surface area (Å²) < 4.78 is 2.17. The molecule has 2 amide bonds. The van der Waals surface area contributed by atoms with Gasteiger partial charge < -0.3 is 14.4 Å². The number of hydrogen-bond donors (Lipinski definition) is 0. The lowest BCUT2D eigenvalue weighted by Gasteiger charge is -2.41. The van der Waals surface area contributed by atoms with E-state index in [1.165, 1.54) is 0 Å². The standard InChI is InChI=1S/C28H30N4O2S/c1-4-31-23-9-6-5-8-22(23)29-25(31)18-30(3)28(34)21-15-16-26(33)32(20-13-11-19(2)12-14-20)27(21)24-10-7-17-35-24/h5-14,17,21,27H,4,15-16,18H2,1-3H3. The predicted octanol–water partition coefficient (Wildman–Crippen LogP) is 5.57. The zero-order valence-electron chi connectivity index (χ0n) is 20.3. The molecule has 7 heteroatoms. The van der Waals surface area contributed by atoms with Crippen molar-refractivity contribution in [2.75, 3.05) is 11.9 Å². The van der Waals surface area contributed by atoms with Gasteiger partial charge in [0.25, 0.3) is 0 Å². The number of carbonyl (C=O) groups excluding carboxylic acids is 2. The second kappa shape index (κ2) is 9.66. The third-order valence-electron chi connectivity index (χ3n) is 6.87. The molecule has 3 heterocycles. The highest BCUT2D eigenvalue weighted by atomic mass is 32.1. The Labute approximate surface area is 209 Å². The summed E-state index contributed by atoms with van der Waals surface area (Å²) in [7, 11) is 1.85. The van der Waals surface area contributed by atoms with Gasteiger partial charge in [0.2, 0.25) is 11.8 Å². The summed E-state index contributed by atoms with van der Waals surface area (Å²) in [5, 5.41) is 2.01. The van der Waals surface area contributed by atoms with Crippen LogP contribution in [-0.2, 0) is 22.7 Å². The first-order valence-electron chi connectivity index (χ1n) is 12.1. The lowest BCUT2D eigenvalue weighted by Crippen LogP contribution is -2.48. The fourth-order valence-corrected chi connectivity index (χ4v) is 6.00. The molecule has 5 rings (SSSR count). The van der Waals surface area contributed by atoms with Gasteiger partial charge in [-0.2, -0.15) is 0 Å². The number of fused-ring (bicyclic) bond motifs is 1. The van der Waals surface area contributed by atoms with Crippen LogP contribution in [0.4, 0.5) is 5.69 Å². The van der Waals surface area contributed by atoms with Crippen molar-refractivity contribution in [2.24, 2.45) is 5.92 Å². The van der Waals surface area contributed by atoms with Gasteiger partial charge >= 0.3 is 0 Å². The smallest absolute Gasteiger partial charge is 0.228 e. The molecule has 6 nitrogen and oxygen atoms in total. The van der Waals surface area contributed by atoms with E-state index in [4.69, 9.17) is 4.98 Å². The van der Waals surface area contributed by atoms with Gasteiger partial charge in [-0.05, 0) is 56.0 Å². The maximum atomic E-state index is 13.9. The minimum Gasteiger partial charge on any atom is -0.338 e. The van der Waals surface area contributed by atoms with Crippen LogP contribution in [0.1, 0.15) is 42.1 Å². The number of aromatic nitrogens is 2. The molecule has 1 aliphatic heterocycles. The molecule has 0 bridgehead atoms. The van der Waals surface area contributed by atoms with Crippen LogP contribution in [0.2, 0.25) is 0 Å². The molecular weight excluding hydrogens is 456 g/mol. The van der Waals surface area contributed by atoms with Crippen LogP contribution in [0.25, 0.3) is 11.0 Å². The molecule has 1 aliphatic rings. The number of nitrogens with zero attached hydrogens (tertiary/aromatic N) is 4. The van der Waals surface area contributed by atoms with Gasteiger partial charge in [-0.25, -0.2) is 4.98 Å². The summed E-state index contributed by atoms with van der Waals surface area (Å²) >= 11 is 1.60. The maximum Gasteiger partial charge on any atom is 0.228 e. The molecule has 1 saturated heterocycles. The van der Waals surface area contributed by atoms with E-state index >= 15 is 0 Å². The van der Waals surface area contributed by atoms with E-state index in [9.17, 15) is 9.59 Å². The van der Waals surface area contributed by atoms with Crippen LogP contribution in [0.15, 0.2) is 66.0 Å². The van der Waals surface area contributed by atoms with Crippen molar-refractivity contribution < 1.29 is 9.59 Å². The van der Waals surface area contributed by atoms with Crippen LogP contribution < -0.4 is 4.90 Å². The van der Waals surface area contributed by atoms with E-state index in [0.29, 0.717) is 19.4 Å². The normalized spacial score (nSPS) is 18.3. The highest BCUT2D eigenvalue weighted by Crippen LogP contribution is 2.42. The summed E-state index contributed by atoms with van der Waals surface area (Å²) in [6, 6.07) is 19.8. The molecule has 0 radical (unpaired) electrons. The monoisotopic (exact) mass is 486 g/mol. The van der Waals surface area contributed by atoms with Gasteiger partial charge in [-0.3, -0.25) is 9.59 Å². The number of imidazole rings is 1. The minimum atomic E-state index is -0.322. The zero-order chi connectivity index (χ0) is 24.5. The molecule has 4 aromatic rings. The topological polar surface area (TPSA) is 58.4 Å². The van der Waals surface area contributed by atoms with Gasteiger partial charge in [0.05, 0.1) is 29.5 Å². The lowest BCUT2D eigenvalue weighted by atomic mass is 9.86. The molecule has 0 N–H and O–H groups in total. The second-order valence-corrected chi connectivity index (χ2v) is 10.1. The number of rotatable bonds is 6. The average Bonchev–Trinajstić information content (AvgIpc) is 3.51. The molecular formula is C28H30N4O2S. The summed E-state index contributed by atoms with van der Waals surface area (Å²) in [6.45, 7) is 5.34. The van der Waals surface area contributed by atoms with Crippen molar-refractivity contribution in [3.8, 4) is 0 Å². The molecule has 180 valence electrons. The van der Waals surface area contributed by atoms with Crippen molar-refractivity contribution in [3.05, 3.63) is 82.3 Å². The van der Waals surface area contributed by atoms with Crippen molar-refractivity contribution in [1.29, 1.82) is 0 Å². The Kier molecular flexibility index (Phi) is 6.43. The van der Waals surface area contributed by atoms with E-state index in [2.05, 4.69) is 17.6 Å². The van der Waals surface area contributed by atoms with Crippen LogP contribution >= 0.6 is 11.3 Å². The Morgan fingerprint density at radius 3 is 2.60 bits per heavy atom. The highest BCUT2D eigenvalue weighted by Gasteiger charge is 2.43. The van der Waals surface area contributed by atoms with Crippen LogP contribution in [0, 0.1) is 12.8 Å². The van der Waals surface area contributed by atoms with E-state index < -0.39 is 0 Å². The third-order valence-corrected chi connectivity index (χ3v) is 7.81. The van der Waals surface area contributed by atoms with E-state index in [1.807, 2.05) is 78.8 Å². The van der Waals surface area contributed by atoms with Crippen LogP contribution in [-0.4, -0.2) is 33.3 Å². The van der Waals surface area contributed by atoms with Gasteiger partial charge in [0, 0.05) is 30.6 Å². The van der Waals surface area contributed by atoms with Gasteiger partial charge in [0.15, 0.2) is 0 Å². The van der Waals surface area contributed by atoms with Gasteiger partial charge in [0.1, 0.15) is 5.82 Å². The first-order valence-corrected chi connectivity index (χ1v) is 13.0. The molecule has 2 atom stereocenters. The molecule has 2 unspecified atom stereocenters. The SMILES string of the molecule is CCn1c(CN(C)C(=O)C2CCC(=O)N(c3ccc(C)cc3)C2c2cccs2)nc2ccccc21. The number of aryl methyl sites for hydroxylation is 2. The Morgan fingerprint density at radius 1 is 1.11 bits per heavy atom. The number of thiophene rings is 1. The second-order valence-electron chi connectivity index (χ2n) is 9.16. The maximum absolute atomic E-state index is 13.9. The Hall–Kier alpha value is -3.45. The average molecular weight is 487 g/mol. The molecule has 1 fully saturated rings. The molecule has 2 aromatic carbocycles. The zero-order valence-corrected chi connectivity index (χ0v) is 21.2. The van der Waals surface area contributed by atoms with Gasteiger partial charge in [-0.15, -0.1) is 11.3 Å². The molecule has 2 aromatic heterocycles. The third kappa shape index (κ3) is 4.36. The largest absolute Gasteiger partial charge is 0.338 e. The number of hydrogen-bond acceptors (Lipinski definition) is 4. The highest BCUT2D eigenvalue weighted by molar-refractivity contribution is 7.10. The Morgan fingerprint density at radius 2 is 1.89 bits per heavy atom. The summed E-state index contributed by atoms with van der Waals surface area (Å²) in [6.07, 6.45) is 0.893. The number of carbonyl (C=O) groups is 2. The van der Waals surface area contributed by atoms with Crippen molar-refractivity contribution in [1.82, 2.24) is 14.5 Å². The van der Waals surface area contributed by atoms with Gasteiger partial charge in [-0.1, -0.05) is 35.9 Å². The number of benzene rings is 2. The molecule has 0 spiro atoms. The quantitative estimate of drug-likeness (QED) is 0.358. The van der Waals surface area contributed by atoms with E-state index in [0.717, 1.165) is 39.5 Å². The first-order chi connectivity index (χ1) is 17.0. The van der Waals surface area contributed by atoms with Crippen LogP contribution in [0.3, 0.4) is 0 Å².